The number of imidazole rings is 1. The molecule has 1 aliphatic heterocycles. The van der Waals surface area contributed by atoms with E-state index in [1.165, 1.54) is 24.8 Å². The number of piperidine rings is 1. The number of H-pyrrole nitrogens is 2. The van der Waals surface area contributed by atoms with Crippen molar-refractivity contribution in [1.82, 2.24) is 35.0 Å². The molecular weight excluding hydrogens is 424 g/mol. The number of hydrogen-bond donors (Lipinski definition) is 2. The molecule has 8 heteroatoms. The lowest BCUT2D eigenvalue weighted by molar-refractivity contribution is 0.402. The zero-order valence-corrected chi connectivity index (χ0v) is 19.5. The van der Waals surface area contributed by atoms with Crippen molar-refractivity contribution in [2.75, 3.05) is 32.1 Å². The molecule has 0 amide bonds. The topological polar surface area (TPSA) is 89.6 Å². The highest BCUT2D eigenvalue weighted by Gasteiger charge is 2.19. The number of nitrogens with zero attached hydrogens (tertiary/aromatic N) is 6. The van der Waals surface area contributed by atoms with Crippen molar-refractivity contribution in [3.8, 4) is 22.6 Å². The fourth-order valence-electron chi connectivity index (χ4n) is 4.87. The van der Waals surface area contributed by atoms with Gasteiger partial charge in [-0.2, -0.15) is 5.10 Å². The molecule has 1 aromatic carbocycles. The summed E-state index contributed by atoms with van der Waals surface area (Å²) in [5.74, 6) is 0.754. The van der Waals surface area contributed by atoms with Gasteiger partial charge < -0.3 is 14.8 Å². The molecule has 34 heavy (non-hydrogen) atoms. The highest BCUT2D eigenvalue weighted by molar-refractivity contribution is 5.97. The third-order valence-electron chi connectivity index (χ3n) is 6.49. The summed E-state index contributed by atoms with van der Waals surface area (Å²) in [7, 11) is 4.13. The second-order valence-electron chi connectivity index (χ2n) is 9.34. The van der Waals surface area contributed by atoms with E-state index in [0.29, 0.717) is 0 Å². The van der Waals surface area contributed by atoms with E-state index < -0.39 is 0 Å². The van der Waals surface area contributed by atoms with Gasteiger partial charge in [-0.1, -0.05) is 6.07 Å². The Balaban J connectivity index is 1.41. The second kappa shape index (κ2) is 8.53. The molecule has 0 aliphatic carbocycles. The summed E-state index contributed by atoms with van der Waals surface area (Å²) in [6, 6.07) is 8.55. The highest BCUT2D eigenvalue weighted by Crippen LogP contribution is 2.33. The zero-order valence-electron chi connectivity index (χ0n) is 19.5. The number of benzene rings is 1. The molecule has 0 atom stereocenters. The Labute approximate surface area is 198 Å². The number of nitrogens with one attached hydrogen (secondary N) is 2. The predicted octanol–water partition coefficient (Wildman–Crippen LogP) is 4.62. The van der Waals surface area contributed by atoms with Gasteiger partial charge in [0, 0.05) is 43.0 Å². The van der Waals surface area contributed by atoms with Gasteiger partial charge in [0.25, 0.3) is 0 Å². The van der Waals surface area contributed by atoms with Crippen molar-refractivity contribution in [1.29, 1.82) is 0 Å². The highest BCUT2D eigenvalue weighted by atomic mass is 15.2. The molecule has 0 radical (unpaired) electrons. The van der Waals surface area contributed by atoms with Crippen LogP contribution >= 0.6 is 0 Å². The number of pyridine rings is 2. The van der Waals surface area contributed by atoms with Crippen LogP contribution in [-0.2, 0) is 6.54 Å². The quantitative estimate of drug-likeness (QED) is 0.405. The Bertz CT molecular complexity index is 1460. The fourth-order valence-corrected chi connectivity index (χ4v) is 4.87. The van der Waals surface area contributed by atoms with E-state index in [0.717, 1.165) is 69.9 Å². The molecule has 4 aromatic heterocycles. The summed E-state index contributed by atoms with van der Waals surface area (Å²) in [4.78, 5) is 21.9. The molecule has 2 N–H and O–H groups in total. The van der Waals surface area contributed by atoms with Gasteiger partial charge in [-0.25, -0.2) is 4.98 Å². The molecule has 0 saturated carbocycles. The number of aromatic amines is 2. The van der Waals surface area contributed by atoms with Gasteiger partial charge in [0.1, 0.15) is 11.2 Å². The van der Waals surface area contributed by atoms with E-state index in [1.54, 1.807) is 0 Å². The van der Waals surface area contributed by atoms with Gasteiger partial charge in [0.05, 0.1) is 29.1 Å². The summed E-state index contributed by atoms with van der Waals surface area (Å²) in [6.07, 6.45) is 11.3. The molecule has 5 aromatic rings. The minimum atomic E-state index is 0.754. The van der Waals surface area contributed by atoms with Crippen molar-refractivity contribution >= 4 is 27.6 Å². The first kappa shape index (κ1) is 20.8. The smallest absolute Gasteiger partial charge is 0.159 e. The van der Waals surface area contributed by atoms with Crippen LogP contribution in [0.25, 0.3) is 44.6 Å². The maximum atomic E-state index is 4.99. The average Bonchev–Trinajstić information content (AvgIpc) is 3.48. The van der Waals surface area contributed by atoms with E-state index in [4.69, 9.17) is 4.98 Å². The summed E-state index contributed by atoms with van der Waals surface area (Å²) in [5.41, 5.74) is 8.17. The van der Waals surface area contributed by atoms with Gasteiger partial charge in [-0.15, -0.1) is 0 Å². The maximum absolute atomic E-state index is 4.99. The van der Waals surface area contributed by atoms with E-state index in [-0.39, 0.29) is 0 Å². The monoisotopic (exact) mass is 452 g/mol. The molecule has 172 valence electrons. The van der Waals surface area contributed by atoms with Crippen LogP contribution in [0.4, 0.5) is 5.69 Å². The number of rotatable bonds is 5. The van der Waals surface area contributed by atoms with Crippen LogP contribution in [-0.4, -0.2) is 62.2 Å². The molecule has 0 unspecified atom stereocenters. The Hall–Kier alpha value is -3.78. The van der Waals surface area contributed by atoms with E-state index in [2.05, 4.69) is 73.3 Å². The number of fused-ring (bicyclic) bond motifs is 2. The predicted molar refractivity (Wildman–Crippen MR) is 136 cm³/mol. The van der Waals surface area contributed by atoms with Crippen molar-refractivity contribution in [2.45, 2.75) is 25.8 Å². The summed E-state index contributed by atoms with van der Waals surface area (Å²) in [6.45, 7) is 2.96. The van der Waals surface area contributed by atoms with Crippen LogP contribution in [0.3, 0.4) is 0 Å². The van der Waals surface area contributed by atoms with Crippen LogP contribution in [0.15, 0.2) is 49.1 Å². The Kier molecular flexibility index (Phi) is 5.22. The Morgan fingerprint density at radius 3 is 2.62 bits per heavy atom. The van der Waals surface area contributed by atoms with Gasteiger partial charge in [0.15, 0.2) is 5.82 Å². The number of anilines is 1. The Morgan fingerprint density at radius 2 is 1.76 bits per heavy atom. The largest absolute Gasteiger partial charge is 0.368 e. The first-order valence-corrected chi connectivity index (χ1v) is 11.8. The molecule has 8 nitrogen and oxygen atoms in total. The van der Waals surface area contributed by atoms with Crippen molar-refractivity contribution in [2.24, 2.45) is 0 Å². The third-order valence-corrected chi connectivity index (χ3v) is 6.49. The number of aromatic nitrogens is 6. The van der Waals surface area contributed by atoms with Gasteiger partial charge in [-0.3, -0.25) is 15.1 Å². The average molecular weight is 453 g/mol. The van der Waals surface area contributed by atoms with Crippen LogP contribution in [0.5, 0.6) is 0 Å². The molecule has 0 bridgehead atoms. The normalized spacial score (nSPS) is 14.5. The van der Waals surface area contributed by atoms with Crippen LogP contribution in [0.2, 0.25) is 0 Å². The zero-order chi connectivity index (χ0) is 23.1. The molecule has 1 fully saturated rings. The molecule has 1 aliphatic rings. The van der Waals surface area contributed by atoms with Crippen molar-refractivity contribution < 1.29 is 0 Å². The lowest BCUT2D eigenvalue weighted by Crippen LogP contribution is -2.29. The van der Waals surface area contributed by atoms with Gasteiger partial charge >= 0.3 is 0 Å². The molecular formula is C26H28N8. The minimum absolute atomic E-state index is 0.754. The first-order valence-electron chi connectivity index (χ1n) is 11.8. The lowest BCUT2D eigenvalue weighted by Gasteiger charge is -2.28. The number of hydrogen-bond acceptors (Lipinski definition) is 6. The maximum Gasteiger partial charge on any atom is 0.159 e. The summed E-state index contributed by atoms with van der Waals surface area (Å²) < 4.78 is 0. The molecule has 0 spiro atoms. The van der Waals surface area contributed by atoms with Crippen LogP contribution < -0.4 is 4.90 Å². The third kappa shape index (κ3) is 3.80. The molecule has 5 heterocycles. The summed E-state index contributed by atoms with van der Waals surface area (Å²) in [5, 5.41) is 8.82. The van der Waals surface area contributed by atoms with Crippen LogP contribution in [0, 0.1) is 0 Å². The first-order chi connectivity index (χ1) is 16.7. The van der Waals surface area contributed by atoms with Gasteiger partial charge in [0.2, 0.25) is 0 Å². The lowest BCUT2D eigenvalue weighted by atomic mass is 10.0. The summed E-state index contributed by atoms with van der Waals surface area (Å²) >= 11 is 0. The standard InChI is InChI=1S/C26H28N8/c1-33(2)16-17-10-19(13-27-12-17)18-6-7-21-20(11-18)24(32-31-21)26-29-22-14-28-15-23(25(22)30-26)34-8-4-3-5-9-34/h6-7,10-15H,3-5,8-9,16H2,1-2H3,(H,29,30)(H,31,32). The molecule has 6 rings (SSSR count). The molecule has 1 saturated heterocycles. The van der Waals surface area contributed by atoms with Crippen molar-refractivity contribution in [3.05, 3.63) is 54.6 Å². The van der Waals surface area contributed by atoms with Crippen molar-refractivity contribution in [3.63, 3.8) is 0 Å². The van der Waals surface area contributed by atoms with E-state index >= 15 is 0 Å². The second-order valence-corrected chi connectivity index (χ2v) is 9.34. The van der Waals surface area contributed by atoms with Crippen LogP contribution in [0.1, 0.15) is 24.8 Å². The van der Waals surface area contributed by atoms with Gasteiger partial charge in [-0.05, 0) is 62.7 Å². The minimum Gasteiger partial charge on any atom is -0.368 e. The SMILES string of the molecule is CN(C)Cc1cncc(-c2ccc3[nH]nc(-c4nc5c(N6CCCCC6)cncc5[nH]4)c3c2)c1. The van der Waals surface area contributed by atoms with E-state index in [1.807, 2.05) is 24.8 Å². The Morgan fingerprint density at radius 1 is 0.912 bits per heavy atom. The van der Waals surface area contributed by atoms with E-state index in [9.17, 15) is 0 Å². The fraction of sp³-hybridized carbons (Fsp3) is 0.308.